The van der Waals surface area contributed by atoms with E-state index >= 15 is 0 Å². The molecule has 2 aromatic heterocycles. The number of carboxylic acids is 1. The molecule has 2 N–H and O–H groups in total. The summed E-state index contributed by atoms with van der Waals surface area (Å²) in [6.07, 6.45) is 1.26. The Morgan fingerprint density at radius 1 is 1.11 bits per heavy atom. The minimum absolute atomic E-state index is 0.316. The molecule has 0 spiro atoms. The second kappa shape index (κ2) is 9.61. The Bertz CT molecular complexity index is 1420. The van der Waals surface area contributed by atoms with Gasteiger partial charge in [-0.3, -0.25) is 0 Å². The van der Waals surface area contributed by atoms with Gasteiger partial charge in [0.1, 0.15) is 35.1 Å². The van der Waals surface area contributed by atoms with Gasteiger partial charge in [-0.05, 0) is 37.6 Å². The molecule has 0 saturated heterocycles. The Morgan fingerprint density at radius 2 is 1.89 bits per heavy atom. The van der Waals surface area contributed by atoms with Gasteiger partial charge in [-0.1, -0.05) is 6.07 Å². The van der Waals surface area contributed by atoms with E-state index in [-0.39, 0.29) is 0 Å². The number of carboxylic acid groups (broad SMARTS) is 1. The van der Waals surface area contributed by atoms with Gasteiger partial charge in [0.2, 0.25) is 0 Å². The SMILES string of the molecule is Cc1c(F)cc(F)c2c1cc(C)n2CCNc1cc(-c2ccc(C(=O)O)c(OC(F)F)c2)ncn1. The minimum atomic E-state index is -3.19. The summed E-state index contributed by atoms with van der Waals surface area (Å²) in [7, 11) is 0. The standard InChI is InChI=1S/C24H20F4N4O3/c1-12-7-16-13(2)17(25)9-18(26)22(16)32(12)6-5-29-21-10-19(30-11-31-21)14-3-4-15(23(33)34)20(8-14)35-24(27)28/h3-4,7-11,24H,5-6H2,1-2H3,(H,33,34)(H,29,30,31). The number of benzene rings is 2. The van der Waals surface area contributed by atoms with E-state index < -0.39 is 35.5 Å². The van der Waals surface area contributed by atoms with E-state index in [1.54, 1.807) is 30.5 Å². The van der Waals surface area contributed by atoms with Gasteiger partial charge < -0.3 is 19.7 Å². The normalized spacial score (nSPS) is 11.3. The highest BCUT2D eigenvalue weighted by Gasteiger charge is 2.18. The Labute approximate surface area is 197 Å². The molecule has 2 aromatic carbocycles. The van der Waals surface area contributed by atoms with Gasteiger partial charge >= 0.3 is 12.6 Å². The molecule has 0 aliphatic heterocycles. The number of nitrogens with one attached hydrogen (secondary N) is 1. The molecule has 0 fully saturated rings. The fraction of sp³-hybridized carbons (Fsp3) is 0.208. The monoisotopic (exact) mass is 488 g/mol. The van der Waals surface area contributed by atoms with Crippen LogP contribution in [0.2, 0.25) is 0 Å². The molecule has 0 saturated carbocycles. The summed E-state index contributed by atoms with van der Waals surface area (Å²) in [5, 5.41) is 12.8. The van der Waals surface area contributed by atoms with E-state index in [4.69, 9.17) is 0 Å². The van der Waals surface area contributed by atoms with Crippen LogP contribution in [-0.2, 0) is 6.54 Å². The predicted octanol–water partition coefficient (Wildman–Crippen LogP) is 5.41. The summed E-state index contributed by atoms with van der Waals surface area (Å²) in [4.78, 5) is 19.5. The molecule has 2 heterocycles. The van der Waals surface area contributed by atoms with Gasteiger partial charge in [0, 0.05) is 41.9 Å². The Balaban J connectivity index is 1.54. The first-order valence-electron chi connectivity index (χ1n) is 10.5. The maximum atomic E-state index is 14.5. The number of aromatic carboxylic acids is 1. The van der Waals surface area contributed by atoms with Gasteiger partial charge in [-0.2, -0.15) is 8.78 Å². The molecule has 182 valence electrons. The fourth-order valence-corrected chi connectivity index (χ4v) is 3.88. The highest BCUT2D eigenvalue weighted by molar-refractivity contribution is 5.92. The average molecular weight is 488 g/mol. The van der Waals surface area contributed by atoms with Crippen molar-refractivity contribution >= 4 is 22.7 Å². The molecule has 0 bridgehead atoms. The molecule has 0 unspecified atom stereocenters. The van der Waals surface area contributed by atoms with Crippen LogP contribution in [0.1, 0.15) is 21.6 Å². The molecule has 4 rings (SSSR count). The lowest BCUT2D eigenvalue weighted by Crippen LogP contribution is -2.13. The number of fused-ring (bicyclic) bond motifs is 1. The number of hydrogen-bond donors (Lipinski definition) is 2. The summed E-state index contributed by atoms with van der Waals surface area (Å²) in [6.45, 7) is 0.913. The van der Waals surface area contributed by atoms with Crippen LogP contribution in [0, 0.1) is 25.5 Å². The van der Waals surface area contributed by atoms with Crippen LogP contribution < -0.4 is 10.1 Å². The van der Waals surface area contributed by atoms with Gasteiger partial charge in [0.15, 0.2) is 0 Å². The molecular formula is C24H20F4N4O3. The molecule has 0 aliphatic carbocycles. The van der Waals surface area contributed by atoms with Crippen molar-refractivity contribution < 1.29 is 32.2 Å². The molecule has 0 radical (unpaired) electrons. The average Bonchev–Trinajstić information content (AvgIpc) is 3.14. The zero-order valence-electron chi connectivity index (χ0n) is 18.7. The third-order valence-corrected chi connectivity index (χ3v) is 5.58. The minimum Gasteiger partial charge on any atom is -0.478 e. The highest BCUT2D eigenvalue weighted by Crippen LogP contribution is 2.29. The van der Waals surface area contributed by atoms with E-state index in [1.165, 1.54) is 18.5 Å². The topological polar surface area (TPSA) is 89.3 Å². The van der Waals surface area contributed by atoms with Crippen LogP contribution in [0.25, 0.3) is 22.2 Å². The van der Waals surface area contributed by atoms with Crippen LogP contribution in [-0.4, -0.2) is 38.8 Å². The number of aromatic nitrogens is 3. The van der Waals surface area contributed by atoms with E-state index in [2.05, 4.69) is 20.0 Å². The fourth-order valence-electron chi connectivity index (χ4n) is 3.88. The largest absolute Gasteiger partial charge is 0.478 e. The Morgan fingerprint density at radius 3 is 2.60 bits per heavy atom. The van der Waals surface area contributed by atoms with Crippen molar-refractivity contribution in [1.29, 1.82) is 0 Å². The molecule has 0 amide bonds. The lowest BCUT2D eigenvalue weighted by atomic mass is 10.1. The van der Waals surface area contributed by atoms with Crippen LogP contribution in [0.15, 0.2) is 42.7 Å². The van der Waals surface area contributed by atoms with Crippen LogP contribution in [0.5, 0.6) is 5.75 Å². The second-order valence-corrected chi connectivity index (χ2v) is 7.77. The number of aryl methyl sites for hydroxylation is 2. The second-order valence-electron chi connectivity index (χ2n) is 7.77. The summed E-state index contributed by atoms with van der Waals surface area (Å²) in [5.74, 6) is -2.73. The first-order valence-corrected chi connectivity index (χ1v) is 10.5. The quantitative estimate of drug-likeness (QED) is 0.323. The van der Waals surface area contributed by atoms with Gasteiger partial charge in [0.05, 0.1) is 11.2 Å². The first-order chi connectivity index (χ1) is 16.7. The predicted molar refractivity (Wildman–Crippen MR) is 121 cm³/mol. The molecule has 0 atom stereocenters. The van der Waals surface area contributed by atoms with E-state index in [0.29, 0.717) is 46.6 Å². The van der Waals surface area contributed by atoms with E-state index in [9.17, 15) is 27.5 Å². The zero-order valence-corrected chi connectivity index (χ0v) is 18.7. The molecular weight excluding hydrogens is 468 g/mol. The number of rotatable bonds is 8. The first kappa shape index (κ1) is 24.0. The van der Waals surface area contributed by atoms with Crippen molar-refractivity contribution in [1.82, 2.24) is 14.5 Å². The number of nitrogens with zero attached hydrogens (tertiary/aromatic N) is 3. The van der Waals surface area contributed by atoms with Crippen molar-refractivity contribution in [3.8, 4) is 17.0 Å². The Hall–Kier alpha value is -4.15. The third kappa shape index (κ3) is 4.88. The summed E-state index contributed by atoms with van der Waals surface area (Å²) < 4.78 is 59.9. The number of ether oxygens (including phenoxy) is 1. The summed E-state index contributed by atoms with van der Waals surface area (Å²) in [6, 6.07) is 7.92. The van der Waals surface area contributed by atoms with Crippen molar-refractivity contribution in [2.24, 2.45) is 0 Å². The van der Waals surface area contributed by atoms with Crippen LogP contribution in [0.3, 0.4) is 0 Å². The van der Waals surface area contributed by atoms with E-state index in [1.807, 2.05) is 0 Å². The number of halogens is 4. The highest BCUT2D eigenvalue weighted by atomic mass is 19.3. The van der Waals surface area contributed by atoms with Gasteiger partial charge in [-0.25, -0.2) is 23.5 Å². The Kier molecular flexibility index (Phi) is 6.59. The molecule has 4 aromatic rings. The van der Waals surface area contributed by atoms with Gasteiger partial charge in [-0.15, -0.1) is 0 Å². The number of alkyl halides is 2. The lowest BCUT2D eigenvalue weighted by Gasteiger charge is -2.12. The molecule has 11 heteroatoms. The third-order valence-electron chi connectivity index (χ3n) is 5.58. The summed E-state index contributed by atoms with van der Waals surface area (Å²) >= 11 is 0. The molecule has 0 aliphatic rings. The van der Waals surface area contributed by atoms with Gasteiger partial charge in [0.25, 0.3) is 0 Å². The van der Waals surface area contributed by atoms with Crippen molar-refractivity contribution in [3.63, 3.8) is 0 Å². The number of hydrogen-bond acceptors (Lipinski definition) is 5. The molecule has 35 heavy (non-hydrogen) atoms. The maximum absolute atomic E-state index is 14.5. The van der Waals surface area contributed by atoms with E-state index in [0.717, 1.165) is 17.8 Å². The smallest absolute Gasteiger partial charge is 0.387 e. The number of carbonyl (C=O) groups is 1. The lowest BCUT2D eigenvalue weighted by molar-refractivity contribution is -0.0503. The van der Waals surface area contributed by atoms with Crippen molar-refractivity contribution in [3.05, 3.63) is 71.2 Å². The zero-order chi connectivity index (χ0) is 25.3. The molecule has 7 nitrogen and oxygen atoms in total. The summed E-state index contributed by atoms with van der Waals surface area (Å²) in [5.41, 5.74) is 1.75. The maximum Gasteiger partial charge on any atom is 0.387 e. The van der Waals surface area contributed by atoms with Crippen LogP contribution >= 0.6 is 0 Å². The number of anilines is 1. The van der Waals surface area contributed by atoms with Crippen molar-refractivity contribution in [2.45, 2.75) is 27.0 Å². The van der Waals surface area contributed by atoms with Crippen molar-refractivity contribution in [2.75, 3.05) is 11.9 Å². The van der Waals surface area contributed by atoms with Crippen LogP contribution in [0.4, 0.5) is 23.4 Å².